The molecule has 0 radical (unpaired) electrons. The van der Waals surface area contributed by atoms with Crippen LogP contribution in [0.15, 0.2) is 47.6 Å². The highest BCUT2D eigenvalue weighted by atomic mass is 19.1. The summed E-state index contributed by atoms with van der Waals surface area (Å²) < 4.78 is 31.3. The molecule has 0 aliphatic rings. The van der Waals surface area contributed by atoms with E-state index in [-0.39, 0.29) is 30.3 Å². The van der Waals surface area contributed by atoms with Gasteiger partial charge in [0.05, 0.1) is 19.2 Å². The monoisotopic (exact) mass is 363 g/mol. The fourth-order valence-electron chi connectivity index (χ4n) is 2.30. The Morgan fingerprint density at radius 2 is 1.88 bits per heavy atom. The van der Waals surface area contributed by atoms with E-state index < -0.39 is 17.6 Å². The molecule has 0 bridgehead atoms. The number of phenols is 1. The van der Waals surface area contributed by atoms with E-state index >= 15 is 0 Å². The van der Waals surface area contributed by atoms with Crippen LogP contribution in [0.4, 0.5) is 8.78 Å². The van der Waals surface area contributed by atoms with Gasteiger partial charge in [-0.15, -0.1) is 0 Å². The van der Waals surface area contributed by atoms with Gasteiger partial charge in [-0.05, 0) is 42.0 Å². The molecule has 138 valence electrons. The Hall–Kier alpha value is -2.96. The summed E-state index contributed by atoms with van der Waals surface area (Å²) in [5.74, 6) is -2.07. The first-order valence-electron chi connectivity index (χ1n) is 7.90. The number of carbonyl (C=O) groups excluding carboxylic acids is 1. The van der Waals surface area contributed by atoms with Crippen molar-refractivity contribution in [1.82, 2.24) is 0 Å². The normalized spacial score (nSPS) is 12.5. The van der Waals surface area contributed by atoms with E-state index in [9.17, 15) is 18.7 Å². The lowest BCUT2D eigenvalue weighted by molar-refractivity contribution is -0.141. The molecule has 0 aromatic heterocycles. The second kappa shape index (κ2) is 8.94. The van der Waals surface area contributed by atoms with Crippen molar-refractivity contribution in [3.8, 4) is 5.75 Å². The fourth-order valence-corrected chi connectivity index (χ4v) is 2.30. The SMILES string of the molecule is COC(=O)CC(C)C(=NOCc1ccc(F)cc1F)c1ccc(O)cc1. The number of benzene rings is 2. The van der Waals surface area contributed by atoms with Crippen molar-refractivity contribution in [2.24, 2.45) is 11.1 Å². The Labute approximate surface area is 149 Å². The molecule has 0 saturated heterocycles. The number of halogens is 2. The summed E-state index contributed by atoms with van der Waals surface area (Å²) in [6.07, 6.45) is 0.0739. The maximum atomic E-state index is 13.7. The Morgan fingerprint density at radius 3 is 2.50 bits per heavy atom. The number of esters is 1. The Balaban J connectivity index is 2.20. The predicted octanol–water partition coefficient (Wildman–Crippen LogP) is 3.79. The summed E-state index contributed by atoms with van der Waals surface area (Å²) >= 11 is 0. The molecule has 2 aromatic rings. The van der Waals surface area contributed by atoms with Crippen molar-refractivity contribution < 1.29 is 28.3 Å². The maximum absolute atomic E-state index is 13.7. The minimum atomic E-state index is -0.728. The lowest BCUT2D eigenvalue weighted by Crippen LogP contribution is -2.18. The molecule has 1 atom stereocenters. The quantitative estimate of drug-likeness (QED) is 0.462. The number of rotatable bonds is 7. The van der Waals surface area contributed by atoms with Crippen LogP contribution < -0.4 is 0 Å². The third-order valence-corrected chi connectivity index (χ3v) is 3.73. The molecule has 0 spiro atoms. The average Bonchev–Trinajstić information content (AvgIpc) is 2.61. The van der Waals surface area contributed by atoms with Crippen LogP contribution in [0, 0.1) is 17.6 Å². The molecule has 2 rings (SSSR count). The van der Waals surface area contributed by atoms with E-state index in [2.05, 4.69) is 9.89 Å². The van der Waals surface area contributed by atoms with Gasteiger partial charge < -0.3 is 14.7 Å². The van der Waals surface area contributed by atoms with Gasteiger partial charge in [-0.25, -0.2) is 8.78 Å². The van der Waals surface area contributed by atoms with Crippen LogP contribution in [0.25, 0.3) is 0 Å². The zero-order valence-electron chi connectivity index (χ0n) is 14.4. The van der Waals surface area contributed by atoms with Crippen molar-refractivity contribution in [2.75, 3.05) is 7.11 Å². The van der Waals surface area contributed by atoms with Crippen molar-refractivity contribution in [3.63, 3.8) is 0 Å². The molecule has 0 heterocycles. The van der Waals surface area contributed by atoms with Gasteiger partial charge in [0.2, 0.25) is 0 Å². The average molecular weight is 363 g/mol. The first-order chi connectivity index (χ1) is 12.4. The summed E-state index contributed by atoms with van der Waals surface area (Å²) in [4.78, 5) is 16.8. The number of carbonyl (C=O) groups is 1. The number of phenolic OH excluding ortho intramolecular Hbond substituents is 1. The fraction of sp³-hybridized carbons (Fsp3) is 0.263. The van der Waals surface area contributed by atoms with Gasteiger partial charge in [-0.2, -0.15) is 0 Å². The molecule has 26 heavy (non-hydrogen) atoms. The van der Waals surface area contributed by atoms with Crippen LogP contribution in [0.3, 0.4) is 0 Å². The van der Waals surface area contributed by atoms with Crippen molar-refractivity contribution in [2.45, 2.75) is 20.0 Å². The molecular weight excluding hydrogens is 344 g/mol. The molecule has 1 unspecified atom stereocenters. The predicted molar refractivity (Wildman–Crippen MR) is 91.6 cm³/mol. The van der Waals surface area contributed by atoms with Crippen LogP contribution in [-0.2, 0) is 21.0 Å². The van der Waals surface area contributed by atoms with Crippen molar-refractivity contribution >= 4 is 11.7 Å². The van der Waals surface area contributed by atoms with E-state index in [1.165, 1.54) is 25.3 Å². The Kier molecular flexibility index (Phi) is 6.66. The highest BCUT2D eigenvalue weighted by Crippen LogP contribution is 2.18. The van der Waals surface area contributed by atoms with Gasteiger partial charge in [0.15, 0.2) is 0 Å². The number of nitrogens with zero attached hydrogens (tertiary/aromatic N) is 1. The van der Waals surface area contributed by atoms with Crippen LogP contribution in [0.2, 0.25) is 0 Å². The third kappa shape index (κ3) is 5.27. The number of aromatic hydroxyl groups is 1. The van der Waals surface area contributed by atoms with E-state index in [1.807, 2.05) is 0 Å². The second-order valence-electron chi connectivity index (χ2n) is 5.71. The van der Waals surface area contributed by atoms with E-state index in [1.54, 1.807) is 19.1 Å². The standard InChI is InChI=1S/C19H19F2NO4/c1-12(9-18(24)25-2)19(13-4-7-16(23)8-5-13)22-26-11-14-3-6-15(20)10-17(14)21/h3-8,10,12,23H,9,11H2,1-2H3. The molecule has 5 nitrogen and oxygen atoms in total. The zero-order chi connectivity index (χ0) is 19.1. The van der Waals surface area contributed by atoms with Crippen LogP contribution in [-0.4, -0.2) is 23.9 Å². The Bertz CT molecular complexity index is 791. The van der Waals surface area contributed by atoms with Crippen molar-refractivity contribution in [1.29, 1.82) is 0 Å². The van der Waals surface area contributed by atoms with Crippen LogP contribution in [0.5, 0.6) is 5.75 Å². The molecule has 0 amide bonds. The van der Waals surface area contributed by atoms with Gasteiger partial charge in [-0.1, -0.05) is 12.1 Å². The molecule has 0 saturated carbocycles. The molecular formula is C19H19F2NO4. The van der Waals surface area contributed by atoms with E-state index in [0.29, 0.717) is 11.3 Å². The van der Waals surface area contributed by atoms with Gasteiger partial charge in [0.25, 0.3) is 0 Å². The number of methoxy groups -OCH3 is 1. The first kappa shape index (κ1) is 19.4. The minimum Gasteiger partial charge on any atom is -0.508 e. The first-order valence-corrected chi connectivity index (χ1v) is 7.90. The molecule has 0 aliphatic carbocycles. The van der Waals surface area contributed by atoms with E-state index in [0.717, 1.165) is 12.1 Å². The highest BCUT2D eigenvalue weighted by Gasteiger charge is 2.18. The number of hydrogen-bond donors (Lipinski definition) is 1. The summed E-state index contributed by atoms with van der Waals surface area (Å²) in [6.45, 7) is 1.57. The minimum absolute atomic E-state index is 0.0739. The number of hydrogen-bond acceptors (Lipinski definition) is 5. The summed E-state index contributed by atoms with van der Waals surface area (Å²) in [5, 5.41) is 13.5. The number of ether oxygens (including phenoxy) is 1. The summed E-state index contributed by atoms with van der Waals surface area (Å²) in [7, 11) is 1.29. The molecule has 2 aromatic carbocycles. The van der Waals surface area contributed by atoms with Crippen LogP contribution >= 0.6 is 0 Å². The van der Waals surface area contributed by atoms with E-state index in [4.69, 9.17) is 4.84 Å². The van der Waals surface area contributed by atoms with Gasteiger partial charge >= 0.3 is 5.97 Å². The summed E-state index contributed by atoms with van der Waals surface area (Å²) in [5.41, 5.74) is 1.23. The highest BCUT2D eigenvalue weighted by molar-refractivity contribution is 6.03. The smallest absolute Gasteiger partial charge is 0.306 e. The van der Waals surface area contributed by atoms with Gasteiger partial charge in [0, 0.05) is 17.5 Å². The lowest BCUT2D eigenvalue weighted by atomic mass is 9.95. The maximum Gasteiger partial charge on any atom is 0.306 e. The summed E-state index contributed by atoms with van der Waals surface area (Å²) in [6, 6.07) is 9.39. The second-order valence-corrected chi connectivity index (χ2v) is 5.71. The lowest BCUT2D eigenvalue weighted by Gasteiger charge is -2.14. The topological polar surface area (TPSA) is 68.1 Å². The molecule has 0 fully saturated rings. The van der Waals surface area contributed by atoms with Gasteiger partial charge in [-0.3, -0.25) is 4.79 Å². The number of oxime groups is 1. The van der Waals surface area contributed by atoms with Crippen LogP contribution in [0.1, 0.15) is 24.5 Å². The van der Waals surface area contributed by atoms with Gasteiger partial charge in [0.1, 0.15) is 24.0 Å². The largest absolute Gasteiger partial charge is 0.508 e. The molecule has 1 N–H and O–H groups in total. The third-order valence-electron chi connectivity index (χ3n) is 3.73. The van der Waals surface area contributed by atoms with Crippen molar-refractivity contribution in [3.05, 3.63) is 65.2 Å². The molecule has 7 heteroatoms. The molecule has 0 aliphatic heterocycles. The Morgan fingerprint density at radius 1 is 1.19 bits per heavy atom. The zero-order valence-corrected chi connectivity index (χ0v) is 14.4.